The topological polar surface area (TPSA) is 55.4 Å². The second kappa shape index (κ2) is 16.3. The molecule has 0 aromatic heterocycles. The molecule has 0 spiro atoms. The fraction of sp³-hybridized carbons (Fsp3) is 0.385. The van der Waals surface area contributed by atoms with Crippen molar-refractivity contribution in [1.29, 1.82) is 0 Å². The van der Waals surface area contributed by atoms with Crippen LogP contribution in [-0.2, 0) is 47.0 Å². The van der Waals surface area contributed by atoms with Gasteiger partial charge in [0, 0.05) is 14.2 Å². The summed E-state index contributed by atoms with van der Waals surface area (Å²) >= 11 is 0. The summed E-state index contributed by atoms with van der Waals surface area (Å²) in [6.45, 7) is 9.99. The highest BCUT2D eigenvalue weighted by Crippen LogP contribution is 2.56. The Kier molecular flexibility index (Phi) is 11.9. The molecule has 0 aliphatic heterocycles. The number of benzene rings is 4. The van der Waals surface area contributed by atoms with Crippen molar-refractivity contribution in [3.8, 4) is 11.1 Å². The minimum atomic E-state index is -0.453. The summed E-state index contributed by atoms with van der Waals surface area (Å²) in [5, 5.41) is 0. The molecular formula is C39H46O6. The van der Waals surface area contributed by atoms with Crippen molar-refractivity contribution in [1.82, 2.24) is 0 Å². The second-order valence-electron chi connectivity index (χ2n) is 11.6. The normalized spacial score (nSPS) is 13.2. The van der Waals surface area contributed by atoms with Gasteiger partial charge in [-0.15, -0.1) is 0 Å². The van der Waals surface area contributed by atoms with Crippen LogP contribution in [0.3, 0.4) is 0 Å². The SMILES string of the molecule is COCCOCCOCc1ccc(C2(c3ccc(COCCOCCOC)cc3)c3cc(C)ccc3-c3ccc(C)cc32)cc1. The van der Waals surface area contributed by atoms with Crippen LogP contribution in [0.2, 0.25) is 0 Å². The van der Waals surface area contributed by atoms with Crippen LogP contribution in [0, 0.1) is 13.8 Å². The average molecular weight is 611 g/mol. The van der Waals surface area contributed by atoms with E-state index >= 15 is 0 Å². The first-order valence-electron chi connectivity index (χ1n) is 15.8. The minimum absolute atomic E-state index is 0.453. The Balaban J connectivity index is 1.43. The van der Waals surface area contributed by atoms with Gasteiger partial charge in [-0.3, -0.25) is 0 Å². The summed E-state index contributed by atoms with van der Waals surface area (Å²) in [5.41, 5.74) is 12.0. The molecule has 4 aromatic carbocycles. The van der Waals surface area contributed by atoms with E-state index in [1.165, 1.54) is 44.5 Å². The largest absolute Gasteiger partial charge is 0.382 e. The first-order chi connectivity index (χ1) is 22.1. The highest BCUT2D eigenvalue weighted by molar-refractivity contribution is 5.86. The molecule has 0 amide bonds. The highest BCUT2D eigenvalue weighted by atomic mass is 16.5. The van der Waals surface area contributed by atoms with E-state index in [1.807, 2.05) is 0 Å². The third-order valence-corrected chi connectivity index (χ3v) is 8.37. The molecule has 4 aromatic rings. The zero-order valence-electron chi connectivity index (χ0n) is 27.1. The van der Waals surface area contributed by atoms with Crippen LogP contribution in [0.15, 0.2) is 84.9 Å². The predicted molar refractivity (Wildman–Crippen MR) is 178 cm³/mol. The van der Waals surface area contributed by atoms with E-state index < -0.39 is 5.41 Å². The van der Waals surface area contributed by atoms with Crippen molar-refractivity contribution in [2.24, 2.45) is 0 Å². The molecule has 238 valence electrons. The van der Waals surface area contributed by atoms with E-state index in [0.717, 1.165) is 11.1 Å². The quantitative estimate of drug-likeness (QED) is 0.0994. The van der Waals surface area contributed by atoms with Crippen LogP contribution >= 0.6 is 0 Å². The van der Waals surface area contributed by atoms with Gasteiger partial charge in [-0.2, -0.15) is 0 Å². The minimum Gasteiger partial charge on any atom is -0.382 e. The van der Waals surface area contributed by atoms with Gasteiger partial charge in [0.15, 0.2) is 0 Å². The molecule has 0 radical (unpaired) electrons. The van der Waals surface area contributed by atoms with E-state index in [-0.39, 0.29) is 0 Å². The molecule has 0 unspecified atom stereocenters. The van der Waals surface area contributed by atoms with Crippen LogP contribution in [-0.4, -0.2) is 67.1 Å². The fourth-order valence-corrected chi connectivity index (χ4v) is 6.15. The lowest BCUT2D eigenvalue weighted by Crippen LogP contribution is -2.29. The average Bonchev–Trinajstić information content (AvgIpc) is 3.33. The summed E-state index contributed by atoms with van der Waals surface area (Å²) in [4.78, 5) is 0. The Morgan fingerprint density at radius 1 is 0.444 bits per heavy atom. The lowest BCUT2D eigenvalue weighted by Gasteiger charge is -2.34. The molecule has 0 saturated heterocycles. The maximum Gasteiger partial charge on any atom is 0.0718 e. The fourth-order valence-electron chi connectivity index (χ4n) is 6.15. The van der Waals surface area contributed by atoms with Crippen LogP contribution in [0.5, 0.6) is 0 Å². The Morgan fingerprint density at radius 3 is 1.22 bits per heavy atom. The standard InChI is InChI=1S/C39H46O6/c1-29-5-15-35-36-16-6-30(2)26-38(36)39(37(35)25-29,33-11-7-31(8-12-33)27-44-23-21-42-19-17-40-3)34-13-9-32(10-14-34)28-45-24-22-43-20-18-41-4/h5-16,25-26H,17-24,27-28H2,1-4H3. The van der Waals surface area contributed by atoms with Crippen molar-refractivity contribution in [3.63, 3.8) is 0 Å². The molecule has 1 aliphatic carbocycles. The van der Waals surface area contributed by atoms with E-state index in [4.69, 9.17) is 28.4 Å². The number of hydrogen-bond donors (Lipinski definition) is 0. The molecule has 0 atom stereocenters. The second-order valence-corrected chi connectivity index (χ2v) is 11.6. The van der Waals surface area contributed by atoms with E-state index in [9.17, 15) is 0 Å². The molecule has 0 N–H and O–H groups in total. The highest BCUT2D eigenvalue weighted by Gasteiger charge is 2.46. The Morgan fingerprint density at radius 2 is 0.822 bits per heavy atom. The first kappa shape index (κ1) is 33.0. The number of aryl methyl sites for hydroxylation is 2. The lowest BCUT2D eigenvalue weighted by atomic mass is 9.67. The van der Waals surface area contributed by atoms with Gasteiger partial charge in [-0.25, -0.2) is 0 Å². The molecule has 6 heteroatoms. The molecule has 1 aliphatic rings. The number of fused-ring (bicyclic) bond motifs is 3. The number of rotatable bonds is 18. The van der Waals surface area contributed by atoms with Crippen molar-refractivity contribution in [2.45, 2.75) is 32.5 Å². The molecule has 5 rings (SSSR count). The molecule has 45 heavy (non-hydrogen) atoms. The molecule has 6 nitrogen and oxygen atoms in total. The number of methoxy groups -OCH3 is 2. The van der Waals surface area contributed by atoms with Crippen LogP contribution in [0.4, 0.5) is 0 Å². The van der Waals surface area contributed by atoms with Crippen molar-refractivity contribution >= 4 is 0 Å². The maximum absolute atomic E-state index is 5.91. The zero-order valence-corrected chi connectivity index (χ0v) is 27.1. The van der Waals surface area contributed by atoms with Gasteiger partial charge >= 0.3 is 0 Å². The lowest BCUT2D eigenvalue weighted by molar-refractivity contribution is 0.0199. The predicted octanol–water partition coefficient (Wildman–Crippen LogP) is 7.03. The summed E-state index contributed by atoms with van der Waals surface area (Å²) in [6.07, 6.45) is 0. The van der Waals surface area contributed by atoms with Crippen LogP contribution < -0.4 is 0 Å². The maximum atomic E-state index is 5.91. The van der Waals surface area contributed by atoms with Gasteiger partial charge in [0.25, 0.3) is 0 Å². The molecule has 0 bridgehead atoms. The van der Waals surface area contributed by atoms with E-state index in [1.54, 1.807) is 14.2 Å². The third-order valence-electron chi connectivity index (χ3n) is 8.37. The van der Waals surface area contributed by atoms with Gasteiger partial charge in [0.05, 0.1) is 71.5 Å². The number of hydrogen-bond acceptors (Lipinski definition) is 6. The van der Waals surface area contributed by atoms with E-state index in [2.05, 4.69) is 98.8 Å². The number of ether oxygens (including phenoxy) is 6. The van der Waals surface area contributed by atoms with Crippen LogP contribution in [0.1, 0.15) is 44.5 Å². The summed E-state index contributed by atoms with van der Waals surface area (Å²) < 4.78 is 32.9. The Bertz CT molecular complexity index is 1380. The smallest absolute Gasteiger partial charge is 0.0718 e. The molecule has 0 saturated carbocycles. The molecule has 0 fully saturated rings. The summed E-state index contributed by atoms with van der Waals surface area (Å²) in [5.74, 6) is 0. The molecular weight excluding hydrogens is 564 g/mol. The van der Waals surface area contributed by atoms with Crippen molar-refractivity contribution in [3.05, 3.63) is 129 Å². The summed E-state index contributed by atoms with van der Waals surface area (Å²) in [6, 6.07) is 31.6. The molecule has 0 heterocycles. The Hall–Kier alpha value is -3.36. The summed E-state index contributed by atoms with van der Waals surface area (Å²) in [7, 11) is 3.35. The van der Waals surface area contributed by atoms with Crippen molar-refractivity contribution < 1.29 is 28.4 Å². The van der Waals surface area contributed by atoms with Gasteiger partial charge in [-0.05, 0) is 58.4 Å². The third kappa shape index (κ3) is 7.72. The van der Waals surface area contributed by atoms with Gasteiger partial charge in [-0.1, -0.05) is 96.1 Å². The van der Waals surface area contributed by atoms with E-state index in [0.29, 0.717) is 66.1 Å². The Labute approximate surface area is 268 Å². The first-order valence-corrected chi connectivity index (χ1v) is 15.8. The van der Waals surface area contributed by atoms with Crippen LogP contribution in [0.25, 0.3) is 11.1 Å². The zero-order chi connectivity index (χ0) is 31.5. The van der Waals surface area contributed by atoms with Gasteiger partial charge < -0.3 is 28.4 Å². The van der Waals surface area contributed by atoms with Gasteiger partial charge in [0.2, 0.25) is 0 Å². The van der Waals surface area contributed by atoms with Crippen molar-refractivity contribution in [2.75, 3.05) is 67.1 Å². The van der Waals surface area contributed by atoms with Gasteiger partial charge in [0.1, 0.15) is 0 Å². The monoisotopic (exact) mass is 610 g/mol.